The Morgan fingerprint density at radius 3 is 2.60 bits per heavy atom. The molecule has 0 amide bonds. The van der Waals surface area contributed by atoms with Crippen molar-refractivity contribution < 1.29 is 0 Å². The minimum absolute atomic E-state index is 0.748. The van der Waals surface area contributed by atoms with E-state index in [9.17, 15) is 0 Å². The molecule has 0 radical (unpaired) electrons. The van der Waals surface area contributed by atoms with Crippen LogP contribution in [0.2, 0.25) is 0 Å². The number of hydrogen-bond donors (Lipinski definition) is 2. The van der Waals surface area contributed by atoms with Crippen molar-refractivity contribution in [2.45, 2.75) is 46.0 Å². The van der Waals surface area contributed by atoms with Crippen molar-refractivity contribution >= 4 is 11.6 Å². The number of piperidine rings is 1. The van der Waals surface area contributed by atoms with Crippen LogP contribution in [-0.2, 0) is 0 Å². The molecule has 0 spiro atoms. The molecule has 0 aromatic carbocycles. The number of nitrogen functional groups attached to an aromatic ring is 1. The highest BCUT2D eigenvalue weighted by molar-refractivity contribution is 5.58. The lowest BCUT2D eigenvalue weighted by Crippen LogP contribution is -2.42. The summed E-state index contributed by atoms with van der Waals surface area (Å²) >= 11 is 0. The first kappa shape index (κ1) is 13.6. The molecule has 2 fully saturated rings. The first-order chi connectivity index (χ1) is 9.69. The normalized spacial score (nSPS) is 26.2. The van der Waals surface area contributed by atoms with Crippen molar-refractivity contribution in [1.82, 2.24) is 9.97 Å². The number of rotatable bonds is 2. The van der Waals surface area contributed by atoms with E-state index in [0.29, 0.717) is 0 Å². The van der Waals surface area contributed by atoms with Gasteiger partial charge in [0.2, 0.25) is 0 Å². The van der Waals surface area contributed by atoms with Crippen LogP contribution in [0.3, 0.4) is 0 Å². The zero-order chi connectivity index (χ0) is 14.1. The number of hydrogen-bond acceptors (Lipinski definition) is 5. The number of fused-ring (bicyclic) bond motifs is 1. The van der Waals surface area contributed by atoms with E-state index in [1.54, 1.807) is 0 Å². The molecule has 2 aliphatic rings. The maximum atomic E-state index is 5.57. The molecule has 2 heterocycles. The topological polar surface area (TPSA) is 67.1 Å². The largest absolute Gasteiger partial charge is 0.356 e. The fourth-order valence-corrected chi connectivity index (χ4v) is 3.86. The molecule has 20 heavy (non-hydrogen) atoms. The molecule has 1 saturated carbocycles. The molecule has 1 aromatic rings. The van der Waals surface area contributed by atoms with Crippen molar-refractivity contribution in [1.29, 1.82) is 0 Å². The van der Waals surface area contributed by atoms with Crippen LogP contribution in [0.5, 0.6) is 0 Å². The van der Waals surface area contributed by atoms with Crippen molar-refractivity contribution in [3.63, 3.8) is 0 Å². The highest BCUT2D eigenvalue weighted by Gasteiger charge is 2.32. The van der Waals surface area contributed by atoms with Gasteiger partial charge in [0.1, 0.15) is 17.5 Å². The van der Waals surface area contributed by atoms with Gasteiger partial charge in [0.15, 0.2) is 0 Å². The minimum atomic E-state index is 0.748. The van der Waals surface area contributed by atoms with Crippen LogP contribution in [0.25, 0.3) is 0 Å². The number of aryl methyl sites for hydroxylation is 1. The van der Waals surface area contributed by atoms with Gasteiger partial charge >= 0.3 is 0 Å². The Hall–Kier alpha value is -1.36. The third-order valence-electron chi connectivity index (χ3n) is 4.96. The molecule has 0 bridgehead atoms. The van der Waals surface area contributed by atoms with Crippen molar-refractivity contribution in [3.05, 3.63) is 11.4 Å². The second-order valence-corrected chi connectivity index (χ2v) is 6.25. The van der Waals surface area contributed by atoms with Gasteiger partial charge in [-0.05, 0) is 38.5 Å². The Morgan fingerprint density at radius 2 is 1.85 bits per heavy atom. The maximum absolute atomic E-state index is 5.57. The summed E-state index contributed by atoms with van der Waals surface area (Å²) in [5.41, 5.74) is 3.76. The van der Waals surface area contributed by atoms with Gasteiger partial charge < -0.3 is 10.3 Å². The number of nitrogens with zero attached hydrogens (tertiary/aromatic N) is 3. The van der Waals surface area contributed by atoms with E-state index in [0.717, 1.165) is 47.9 Å². The fourth-order valence-electron chi connectivity index (χ4n) is 3.86. The van der Waals surface area contributed by atoms with E-state index in [-0.39, 0.29) is 0 Å². The molecule has 3 rings (SSSR count). The van der Waals surface area contributed by atoms with E-state index in [1.807, 2.05) is 6.92 Å². The molecule has 5 heteroatoms. The highest BCUT2D eigenvalue weighted by Crippen LogP contribution is 2.38. The molecular formula is C15H25N5. The summed E-state index contributed by atoms with van der Waals surface area (Å²) in [5.74, 6) is 9.95. The van der Waals surface area contributed by atoms with Gasteiger partial charge in [0.05, 0.1) is 0 Å². The predicted octanol–water partition coefficient (Wildman–Crippen LogP) is 2.40. The molecule has 1 aliphatic heterocycles. The monoisotopic (exact) mass is 275 g/mol. The summed E-state index contributed by atoms with van der Waals surface area (Å²) in [4.78, 5) is 11.5. The zero-order valence-electron chi connectivity index (χ0n) is 12.5. The van der Waals surface area contributed by atoms with Gasteiger partial charge in [-0.2, -0.15) is 0 Å². The third kappa shape index (κ3) is 2.46. The van der Waals surface area contributed by atoms with Crippen LogP contribution >= 0.6 is 0 Å². The highest BCUT2D eigenvalue weighted by atomic mass is 15.3. The summed E-state index contributed by atoms with van der Waals surface area (Å²) in [6, 6.07) is 0. The smallest absolute Gasteiger partial charge is 0.148 e. The number of nitrogens with two attached hydrogens (primary N) is 1. The molecule has 1 aromatic heterocycles. The van der Waals surface area contributed by atoms with E-state index >= 15 is 0 Å². The van der Waals surface area contributed by atoms with E-state index < -0.39 is 0 Å². The summed E-state index contributed by atoms with van der Waals surface area (Å²) < 4.78 is 0. The van der Waals surface area contributed by atoms with Gasteiger partial charge in [0, 0.05) is 18.7 Å². The van der Waals surface area contributed by atoms with E-state index in [4.69, 9.17) is 5.84 Å². The Kier molecular flexibility index (Phi) is 3.78. The lowest BCUT2D eigenvalue weighted by Gasteiger charge is -2.42. The van der Waals surface area contributed by atoms with Crippen molar-refractivity contribution in [3.8, 4) is 0 Å². The molecule has 110 valence electrons. The standard InChI is InChI=1S/C15H25N5/c1-10-14(19-16)17-11(2)18-15(10)20-8-7-12-5-3-4-6-13(12)9-20/h12-13H,3-9,16H2,1-2H3,(H,17,18,19). The van der Waals surface area contributed by atoms with Crippen molar-refractivity contribution in [2.75, 3.05) is 23.4 Å². The molecule has 5 nitrogen and oxygen atoms in total. The van der Waals surface area contributed by atoms with Crippen LogP contribution in [-0.4, -0.2) is 23.1 Å². The lowest BCUT2D eigenvalue weighted by atomic mass is 9.75. The molecule has 2 atom stereocenters. The summed E-state index contributed by atoms with van der Waals surface area (Å²) in [7, 11) is 0. The van der Waals surface area contributed by atoms with Gasteiger partial charge in [-0.3, -0.25) is 0 Å². The minimum Gasteiger partial charge on any atom is -0.356 e. The van der Waals surface area contributed by atoms with Gasteiger partial charge in [0.25, 0.3) is 0 Å². The van der Waals surface area contributed by atoms with E-state index in [2.05, 4.69) is 27.2 Å². The van der Waals surface area contributed by atoms with Crippen molar-refractivity contribution in [2.24, 2.45) is 17.7 Å². The van der Waals surface area contributed by atoms with Crippen LogP contribution in [0, 0.1) is 25.7 Å². The molecule has 1 saturated heterocycles. The van der Waals surface area contributed by atoms with E-state index in [1.165, 1.54) is 32.1 Å². The molecule has 2 unspecified atom stereocenters. The average molecular weight is 275 g/mol. The van der Waals surface area contributed by atoms with Gasteiger partial charge in [-0.25, -0.2) is 15.8 Å². The second kappa shape index (κ2) is 5.56. The second-order valence-electron chi connectivity index (χ2n) is 6.25. The Labute approximate surface area is 120 Å². The third-order valence-corrected chi connectivity index (χ3v) is 4.96. The van der Waals surface area contributed by atoms with Gasteiger partial charge in [-0.1, -0.05) is 19.3 Å². The summed E-state index contributed by atoms with van der Waals surface area (Å²) in [5, 5.41) is 0. The zero-order valence-corrected chi connectivity index (χ0v) is 12.5. The number of anilines is 2. The Morgan fingerprint density at radius 1 is 1.10 bits per heavy atom. The summed E-state index contributed by atoms with van der Waals surface area (Å²) in [6.07, 6.45) is 6.93. The first-order valence-corrected chi connectivity index (χ1v) is 7.76. The predicted molar refractivity (Wildman–Crippen MR) is 81.6 cm³/mol. The lowest BCUT2D eigenvalue weighted by molar-refractivity contribution is 0.202. The van der Waals surface area contributed by atoms with Gasteiger partial charge in [-0.15, -0.1) is 0 Å². The number of nitrogens with one attached hydrogen (secondary N) is 1. The SMILES string of the molecule is Cc1nc(NN)c(C)c(N2CCC3CCCCC3C2)n1. The fraction of sp³-hybridized carbons (Fsp3) is 0.733. The first-order valence-electron chi connectivity index (χ1n) is 7.76. The summed E-state index contributed by atoms with van der Waals surface area (Å²) in [6.45, 7) is 6.24. The molecule has 1 aliphatic carbocycles. The van der Waals surface area contributed by atoms with Crippen LogP contribution in [0.15, 0.2) is 0 Å². The maximum Gasteiger partial charge on any atom is 0.148 e. The average Bonchev–Trinajstić information content (AvgIpc) is 2.48. The van der Waals surface area contributed by atoms with Crippen LogP contribution in [0.1, 0.15) is 43.5 Å². The number of aromatic nitrogens is 2. The number of hydrazine groups is 1. The molecule has 3 N–H and O–H groups in total. The quantitative estimate of drug-likeness (QED) is 0.641. The van der Waals surface area contributed by atoms with Crippen LogP contribution in [0.4, 0.5) is 11.6 Å². The Balaban J connectivity index is 1.84. The van der Waals surface area contributed by atoms with Crippen LogP contribution < -0.4 is 16.2 Å². The Bertz CT molecular complexity index is 487. The molecular weight excluding hydrogens is 250 g/mol.